The Balaban J connectivity index is 2.83. The minimum Gasteiger partial charge on any atom is -0.138 e. The first-order valence-corrected chi connectivity index (χ1v) is 6.37. The SMILES string of the molecule is CCC[P@@](C)SC. The van der Waals surface area contributed by atoms with Gasteiger partial charge in [0, 0.05) is 0 Å². The van der Waals surface area contributed by atoms with Crippen molar-refractivity contribution in [2.75, 3.05) is 19.1 Å². The molecule has 0 nitrogen and oxygen atoms in total. The fraction of sp³-hybridized carbons (Fsp3) is 1.00. The van der Waals surface area contributed by atoms with Crippen molar-refractivity contribution < 1.29 is 0 Å². The third-order valence-corrected chi connectivity index (χ3v) is 4.97. The highest BCUT2D eigenvalue weighted by Gasteiger charge is 1.92. The molecule has 0 saturated carbocycles. The molecule has 0 aliphatic rings. The van der Waals surface area contributed by atoms with Gasteiger partial charge in [-0.25, -0.2) is 0 Å². The molecule has 0 aromatic rings. The van der Waals surface area contributed by atoms with E-state index in [4.69, 9.17) is 0 Å². The maximum atomic E-state index is 2.34. The molecule has 0 aliphatic heterocycles. The smallest absolute Gasteiger partial charge is 0.0142 e. The van der Waals surface area contributed by atoms with Gasteiger partial charge < -0.3 is 0 Å². The average Bonchev–Trinajstić information content (AvgIpc) is 1.68. The van der Waals surface area contributed by atoms with E-state index < -0.39 is 0 Å². The molecule has 2 heteroatoms. The minimum absolute atomic E-state index is 0.338. The van der Waals surface area contributed by atoms with Crippen LogP contribution in [0.4, 0.5) is 0 Å². The second-order valence-corrected chi connectivity index (χ2v) is 6.57. The van der Waals surface area contributed by atoms with Gasteiger partial charge in [0.15, 0.2) is 0 Å². The Labute approximate surface area is 51.6 Å². The van der Waals surface area contributed by atoms with Gasteiger partial charge in [0.25, 0.3) is 0 Å². The Morgan fingerprint density at radius 1 is 1.57 bits per heavy atom. The lowest BCUT2D eigenvalue weighted by Gasteiger charge is -2.03. The van der Waals surface area contributed by atoms with Gasteiger partial charge >= 0.3 is 0 Å². The van der Waals surface area contributed by atoms with Crippen molar-refractivity contribution in [1.29, 1.82) is 0 Å². The maximum Gasteiger partial charge on any atom is -0.0142 e. The summed E-state index contributed by atoms with van der Waals surface area (Å²) in [6.07, 6.45) is 4.97. The van der Waals surface area contributed by atoms with E-state index in [1.165, 1.54) is 12.6 Å². The van der Waals surface area contributed by atoms with Crippen molar-refractivity contribution >= 4 is 18.5 Å². The molecular weight excluding hydrogens is 123 g/mol. The topological polar surface area (TPSA) is 0 Å². The molecule has 7 heavy (non-hydrogen) atoms. The van der Waals surface area contributed by atoms with Crippen molar-refractivity contribution in [2.24, 2.45) is 0 Å². The van der Waals surface area contributed by atoms with Gasteiger partial charge in [0.1, 0.15) is 0 Å². The Kier molecular flexibility index (Phi) is 5.48. The first kappa shape index (κ1) is 7.78. The van der Waals surface area contributed by atoms with Crippen LogP contribution in [0.2, 0.25) is 0 Å². The predicted molar refractivity (Wildman–Crippen MR) is 41.5 cm³/mol. The van der Waals surface area contributed by atoms with E-state index in [9.17, 15) is 0 Å². The molecular formula is C5H13PS. The fourth-order valence-corrected chi connectivity index (χ4v) is 2.31. The van der Waals surface area contributed by atoms with Crippen LogP contribution in [0.5, 0.6) is 0 Å². The first-order chi connectivity index (χ1) is 3.31. The Morgan fingerprint density at radius 3 is 2.29 bits per heavy atom. The minimum atomic E-state index is 0.338. The summed E-state index contributed by atoms with van der Waals surface area (Å²) in [6, 6.07) is 0. The summed E-state index contributed by atoms with van der Waals surface area (Å²) >= 11 is 2.01. The van der Waals surface area contributed by atoms with Gasteiger partial charge in [0.05, 0.1) is 0 Å². The highest BCUT2D eigenvalue weighted by molar-refractivity contribution is 8.55. The summed E-state index contributed by atoms with van der Waals surface area (Å²) in [5.74, 6) is 0. The fourth-order valence-electron chi connectivity index (χ4n) is 0.406. The highest BCUT2D eigenvalue weighted by atomic mass is 32.7. The molecule has 0 spiro atoms. The summed E-state index contributed by atoms with van der Waals surface area (Å²) in [5.41, 5.74) is 0. The Hall–Kier alpha value is 0.780. The van der Waals surface area contributed by atoms with Crippen LogP contribution in [0.1, 0.15) is 13.3 Å². The molecule has 0 N–H and O–H groups in total. The van der Waals surface area contributed by atoms with Crippen LogP contribution in [0.15, 0.2) is 0 Å². The first-order valence-electron chi connectivity index (χ1n) is 2.56. The zero-order chi connectivity index (χ0) is 5.70. The third kappa shape index (κ3) is 4.64. The van der Waals surface area contributed by atoms with Crippen LogP contribution in [-0.2, 0) is 0 Å². The van der Waals surface area contributed by atoms with Crippen LogP contribution in [-0.4, -0.2) is 19.1 Å². The molecule has 0 saturated heterocycles. The summed E-state index contributed by atoms with van der Waals surface area (Å²) in [7, 11) is 0.338. The average molecular weight is 136 g/mol. The molecule has 0 aliphatic carbocycles. The lowest BCUT2D eigenvalue weighted by molar-refractivity contribution is 1.10. The summed E-state index contributed by atoms with van der Waals surface area (Å²) in [5, 5.41) is 0. The molecule has 0 bridgehead atoms. The van der Waals surface area contributed by atoms with E-state index in [0.29, 0.717) is 7.12 Å². The van der Waals surface area contributed by atoms with Crippen LogP contribution < -0.4 is 0 Å². The zero-order valence-corrected chi connectivity index (χ0v) is 6.98. The number of rotatable bonds is 3. The normalized spacial score (nSPS) is 14.1. The van der Waals surface area contributed by atoms with E-state index in [2.05, 4.69) is 19.8 Å². The lowest BCUT2D eigenvalue weighted by Crippen LogP contribution is -1.71. The Bertz CT molecular complexity index is 39.1. The maximum absolute atomic E-state index is 2.34. The standard InChI is InChI=1S/C5H13PS/c1-4-5-6(2)7-3/h4-5H2,1-3H3/t6-/m1/s1. The second-order valence-electron chi connectivity index (χ2n) is 1.53. The van der Waals surface area contributed by atoms with E-state index in [1.54, 1.807) is 0 Å². The van der Waals surface area contributed by atoms with Crippen molar-refractivity contribution in [3.8, 4) is 0 Å². The molecule has 44 valence electrons. The lowest BCUT2D eigenvalue weighted by atomic mass is 10.6. The largest absolute Gasteiger partial charge is 0.138 e. The van der Waals surface area contributed by atoms with Crippen LogP contribution >= 0.6 is 18.5 Å². The molecule has 0 fully saturated rings. The van der Waals surface area contributed by atoms with Crippen molar-refractivity contribution in [2.45, 2.75) is 13.3 Å². The predicted octanol–water partition coefficient (Wildman–Crippen LogP) is 2.79. The van der Waals surface area contributed by atoms with E-state index in [-0.39, 0.29) is 0 Å². The van der Waals surface area contributed by atoms with Crippen LogP contribution in [0.3, 0.4) is 0 Å². The van der Waals surface area contributed by atoms with Crippen LogP contribution in [0, 0.1) is 0 Å². The van der Waals surface area contributed by atoms with E-state index in [0.717, 1.165) is 0 Å². The van der Waals surface area contributed by atoms with E-state index >= 15 is 0 Å². The van der Waals surface area contributed by atoms with Gasteiger partial charge in [-0.1, -0.05) is 20.5 Å². The summed E-state index contributed by atoms with van der Waals surface area (Å²) < 4.78 is 0. The van der Waals surface area contributed by atoms with Crippen LogP contribution in [0.25, 0.3) is 0 Å². The number of hydrogen-bond acceptors (Lipinski definition) is 1. The third-order valence-electron chi connectivity index (χ3n) is 0.850. The molecule has 0 radical (unpaired) electrons. The van der Waals surface area contributed by atoms with Crippen molar-refractivity contribution in [3.63, 3.8) is 0 Å². The number of hydrogen-bond donors (Lipinski definition) is 0. The quantitative estimate of drug-likeness (QED) is 0.537. The van der Waals surface area contributed by atoms with Crippen molar-refractivity contribution in [3.05, 3.63) is 0 Å². The molecule has 1 atom stereocenters. The zero-order valence-electron chi connectivity index (χ0n) is 5.27. The Morgan fingerprint density at radius 2 is 2.14 bits per heavy atom. The highest BCUT2D eigenvalue weighted by Crippen LogP contribution is 2.43. The van der Waals surface area contributed by atoms with Gasteiger partial charge in [-0.15, -0.1) is 11.4 Å². The molecule has 0 rings (SSSR count). The van der Waals surface area contributed by atoms with Gasteiger partial charge in [-0.05, 0) is 19.1 Å². The van der Waals surface area contributed by atoms with Gasteiger partial charge in [-0.2, -0.15) is 0 Å². The van der Waals surface area contributed by atoms with E-state index in [1.807, 2.05) is 11.4 Å². The molecule has 0 aromatic carbocycles. The van der Waals surface area contributed by atoms with Gasteiger partial charge in [-0.3, -0.25) is 0 Å². The monoisotopic (exact) mass is 136 g/mol. The molecule has 0 aromatic heterocycles. The molecule has 0 amide bonds. The second kappa shape index (κ2) is 4.93. The summed E-state index contributed by atoms with van der Waals surface area (Å²) in [4.78, 5) is 0. The molecule has 0 heterocycles. The molecule has 0 unspecified atom stereocenters. The summed E-state index contributed by atoms with van der Waals surface area (Å²) in [6.45, 7) is 4.58. The van der Waals surface area contributed by atoms with Gasteiger partial charge in [0.2, 0.25) is 0 Å². The van der Waals surface area contributed by atoms with Crippen molar-refractivity contribution in [1.82, 2.24) is 0 Å².